The van der Waals surface area contributed by atoms with E-state index in [2.05, 4.69) is 29.6 Å². The molecule has 0 bridgehead atoms. The van der Waals surface area contributed by atoms with Gasteiger partial charge >= 0.3 is 12.1 Å². The molecule has 1 unspecified atom stereocenters. The molecular weight excluding hydrogens is 424 g/mol. The lowest BCUT2D eigenvalue weighted by Gasteiger charge is -2.26. The third kappa shape index (κ3) is 3.95. The number of nitrogens with zero attached hydrogens (tertiary/aromatic N) is 1. The molecule has 2 aromatic rings. The quantitative estimate of drug-likeness (QED) is 0.701. The summed E-state index contributed by atoms with van der Waals surface area (Å²) in [5.41, 5.74) is 4.56. The Bertz CT molecular complexity index is 1040. The van der Waals surface area contributed by atoms with E-state index in [4.69, 9.17) is 9.47 Å². The summed E-state index contributed by atoms with van der Waals surface area (Å²) >= 11 is 0. The SMILES string of the molecule is O=C(NCCC(=O)N1C(C(=O)O)C[C@@H]2OCC[C@@H]21)OCC1c2ccccc2-c2ccccc21. The Labute approximate surface area is 191 Å². The molecule has 2 amide bonds. The highest BCUT2D eigenvalue weighted by Gasteiger charge is 2.49. The maximum atomic E-state index is 12.7. The second-order valence-corrected chi connectivity index (χ2v) is 8.66. The number of alkyl carbamates (subject to hydrolysis) is 1. The molecular formula is C25H26N2O6. The summed E-state index contributed by atoms with van der Waals surface area (Å²) in [6, 6.07) is 15.1. The summed E-state index contributed by atoms with van der Waals surface area (Å²) in [6.45, 7) is 0.808. The maximum absolute atomic E-state index is 12.7. The highest BCUT2D eigenvalue weighted by molar-refractivity contribution is 5.85. The molecule has 2 aliphatic heterocycles. The van der Waals surface area contributed by atoms with Gasteiger partial charge in [-0.3, -0.25) is 4.79 Å². The molecule has 2 aromatic carbocycles. The van der Waals surface area contributed by atoms with E-state index in [0.717, 1.165) is 22.3 Å². The standard InChI is InChI=1S/C25H26N2O6/c28-23(27-20-10-12-32-22(20)13-21(27)24(29)30)9-11-26-25(31)33-14-19-17-7-3-1-5-15(17)16-6-2-4-8-18(16)19/h1-8,19-22H,9-14H2,(H,26,31)(H,29,30)/t20-,21?,22-/m0/s1. The molecule has 3 aliphatic rings. The van der Waals surface area contributed by atoms with Crippen LogP contribution in [0.3, 0.4) is 0 Å². The second kappa shape index (κ2) is 8.86. The zero-order valence-corrected chi connectivity index (χ0v) is 18.1. The molecule has 8 nitrogen and oxygen atoms in total. The van der Waals surface area contributed by atoms with E-state index in [-0.39, 0.29) is 43.5 Å². The number of carbonyl (C=O) groups excluding carboxylic acids is 2. The van der Waals surface area contributed by atoms with Gasteiger partial charge in [0.05, 0.1) is 12.1 Å². The van der Waals surface area contributed by atoms with Crippen LogP contribution in [0.1, 0.15) is 36.3 Å². The van der Waals surface area contributed by atoms with Crippen LogP contribution < -0.4 is 5.32 Å². The second-order valence-electron chi connectivity index (χ2n) is 8.66. The van der Waals surface area contributed by atoms with Crippen molar-refractivity contribution in [2.75, 3.05) is 19.8 Å². The van der Waals surface area contributed by atoms with E-state index in [1.165, 1.54) is 4.90 Å². The number of rotatable bonds is 6. The molecule has 8 heteroatoms. The molecule has 5 rings (SSSR count). The number of hydrogen-bond acceptors (Lipinski definition) is 5. The number of carboxylic acids is 1. The van der Waals surface area contributed by atoms with E-state index >= 15 is 0 Å². The van der Waals surface area contributed by atoms with Crippen molar-refractivity contribution in [2.45, 2.75) is 43.4 Å². The largest absolute Gasteiger partial charge is 0.480 e. The first-order valence-electron chi connectivity index (χ1n) is 11.3. The van der Waals surface area contributed by atoms with Gasteiger partial charge in [0.2, 0.25) is 5.91 Å². The van der Waals surface area contributed by atoms with Crippen LogP contribution in [0, 0.1) is 0 Å². The van der Waals surface area contributed by atoms with Gasteiger partial charge in [0, 0.05) is 31.9 Å². The van der Waals surface area contributed by atoms with E-state index in [1.54, 1.807) is 0 Å². The summed E-state index contributed by atoms with van der Waals surface area (Å²) in [4.78, 5) is 38.1. The summed E-state index contributed by atoms with van der Waals surface area (Å²) in [6.07, 6.45) is 0.149. The zero-order valence-electron chi connectivity index (χ0n) is 18.1. The van der Waals surface area contributed by atoms with Crippen molar-refractivity contribution in [2.24, 2.45) is 0 Å². The van der Waals surface area contributed by atoms with Crippen LogP contribution in [-0.4, -0.2) is 65.9 Å². The van der Waals surface area contributed by atoms with Crippen molar-refractivity contribution >= 4 is 18.0 Å². The van der Waals surface area contributed by atoms with Gasteiger partial charge in [-0.25, -0.2) is 9.59 Å². The third-order valence-electron chi connectivity index (χ3n) is 6.85. The van der Waals surface area contributed by atoms with Gasteiger partial charge in [-0.05, 0) is 28.7 Å². The first-order chi connectivity index (χ1) is 16.0. The average Bonchev–Trinajstić information content (AvgIpc) is 3.49. The summed E-state index contributed by atoms with van der Waals surface area (Å²) in [5, 5.41) is 12.1. The van der Waals surface area contributed by atoms with Gasteiger partial charge in [0.15, 0.2) is 0 Å². The van der Waals surface area contributed by atoms with Crippen LogP contribution in [0.15, 0.2) is 48.5 Å². The van der Waals surface area contributed by atoms with Gasteiger partial charge in [-0.2, -0.15) is 0 Å². The van der Waals surface area contributed by atoms with Gasteiger partial charge in [0.1, 0.15) is 12.6 Å². The van der Waals surface area contributed by atoms with Crippen molar-refractivity contribution in [3.8, 4) is 11.1 Å². The predicted molar refractivity (Wildman–Crippen MR) is 119 cm³/mol. The number of hydrogen-bond donors (Lipinski definition) is 2. The van der Waals surface area contributed by atoms with Crippen LogP contribution in [0.4, 0.5) is 4.79 Å². The van der Waals surface area contributed by atoms with Crippen molar-refractivity contribution in [1.29, 1.82) is 0 Å². The molecule has 0 aromatic heterocycles. The number of ether oxygens (including phenoxy) is 2. The molecule has 2 heterocycles. The van der Waals surface area contributed by atoms with E-state index < -0.39 is 18.1 Å². The van der Waals surface area contributed by atoms with Crippen molar-refractivity contribution in [3.05, 3.63) is 59.7 Å². The molecule has 172 valence electrons. The van der Waals surface area contributed by atoms with Crippen molar-refractivity contribution < 1.29 is 29.0 Å². The summed E-state index contributed by atoms with van der Waals surface area (Å²) < 4.78 is 11.1. The van der Waals surface area contributed by atoms with Crippen LogP contribution >= 0.6 is 0 Å². The highest BCUT2D eigenvalue weighted by Crippen LogP contribution is 2.44. The Morgan fingerprint density at radius 1 is 1.06 bits per heavy atom. The number of fused-ring (bicyclic) bond motifs is 4. The van der Waals surface area contributed by atoms with E-state index in [0.29, 0.717) is 19.4 Å². The Kier molecular flexibility index (Phi) is 5.76. The Morgan fingerprint density at radius 3 is 2.39 bits per heavy atom. The fourth-order valence-corrected chi connectivity index (χ4v) is 5.37. The average molecular weight is 450 g/mol. The summed E-state index contributed by atoms with van der Waals surface area (Å²) in [7, 11) is 0. The topological polar surface area (TPSA) is 105 Å². The lowest BCUT2D eigenvalue weighted by molar-refractivity contribution is -0.149. The number of benzene rings is 2. The Morgan fingerprint density at radius 2 is 1.73 bits per heavy atom. The number of aliphatic carboxylic acids is 1. The maximum Gasteiger partial charge on any atom is 0.407 e. The van der Waals surface area contributed by atoms with Gasteiger partial charge in [-0.1, -0.05) is 48.5 Å². The van der Waals surface area contributed by atoms with Crippen molar-refractivity contribution in [1.82, 2.24) is 10.2 Å². The van der Waals surface area contributed by atoms with Gasteiger partial charge in [-0.15, -0.1) is 0 Å². The lowest BCUT2D eigenvalue weighted by atomic mass is 9.98. The molecule has 2 N–H and O–H groups in total. The van der Waals surface area contributed by atoms with Crippen LogP contribution in [0.5, 0.6) is 0 Å². The molecule has 0 radical (unpaired) electrons. The number of carbonyl (C=O) groups is 3. The first kappa shape index (κ1) is 21.5. The van der Waals surface area contributed by atoms with Crippen LogP contribution in [-0.2, 0) is 19.1 Å². The highest BCUT2D eigenvalue weighted by atomic mass is 16.5. The number of likely N-dealkylation sites (tertiary alicyclic amines) is 1. The normalized spacial score (nSPS) is 23.0. The smallest absolute Gasteiger partial charge is 0.407 e. The molecule has 0 saturated carbocycles. The molecule has 3 atom stereocenters. The number of nitrogens with one attached hydrogen (secondary N) is 1. The Balaban J connectivity index is 1.14. The van der Waals surface area contributed by atoms with Crippen molar-refractivity contribution in [3.63, 3.8) is 0 Å². The fourth-order valence-electron chi connectivity index (χ4n) is 5.37. The zero-order chi connectivity index (χ0) is 22.9. The van der Waals surface area contributed by atoms with Crippen LogP contribution in [0.25, 0.3) is 11.1 Å². The Hall–Kier alpha value is -3.39. The minimum absolute atomic E-state index is 0.0111. The van der Waals surface area contributed by atoms with E-state index in [1.807, 2.05) is 24.3 Å². The van der Waals surface area contributed by atoms with E-state index in [9.17, 15) is 19.5 Å². The van der Waals surface area contributed by atoms with Gasteiger partial charge in [0.25, 0.3) is 0 Å². The molecule has 0 spiro atoms. The molecule has 2 saturated heterocycles. The molecule has 33 heavy (non-hydrogen) atoms. The minimum atomic E-state index is -1.02. The first-order valence-corrected chi connectivity index (χ1v) is 11.3. The predicted octanol–water partition coefficient (Wildman–Crippen LogP) is 2.76. The van der Waals surface area contributed by atoms with Gasteiger partial charge < -0.3 is 24.8 Å². The minimum Gasteiger partial charge on any atom is -0.480 e. The third-order valence-corrected chi connectivity index (χ3v) is 6.85. The number of amides is 2. The summed E-state index contributed by atoms with van der Waals surface area (Å²) in [5.74, 6) is -1.35. The number of carboxylic acid groups (broad SMARTS) is 1. The molecule has 1 aliphatic carbocycles. The molecule has 2 fully saturated rings. The monoisotopic (exact) mass is 450 g/mol. The van der Waals surface area contributed by atoms with Crippen LogP contribution in [0.2, 0.25) is 0 Å². The lowest BCUT2D eigenvalue weighted by Crippen LogP contribution is -2.46. The fraction of sp³-hybridized carbons (Fsp3) is 0.400.